The number of aliphatic carboxylic acids is 3. The van der Waals surface area contributed by atoms with Crippen LogP contribution in [0.4, 0.5) is 0 Å². The van der Waals surface area contributed by atoms with E-state index in [1.165, 1.54) is 0 Å². The van der Waals surface area contributed by atoms with E-state index in [1.54, 1.807) is 4.90 Å². The molecule has 0 aliphatic carbocycles. The summed E-state index contributed by atoms with van der Waals surface area (Å²) in [6, 6.07) is 0. The molecule has 30 heavy (non-hydrogen) atoms. The first-order chi connectivity index (χ1) is 14.3. The molecule has 0 spiro atoms. The molecule has 2 aliphatic rings. The van der Waals surface area contributed by atoms with E-state index < -0.39 is 17.9 Å². The Balaban J connectivity index is 2.07. The summed E-state index contributed by atoms with van der Waals surface area (Å²) in [7, 11) is 0. The second kappa shape index (κ2) is 12.8. The molecule has 2 fully saturated rings. The van der Waals surface area contributed by atoms with Crippen LogP contribution in [0.15, 0.2) is 0 Å². The van der Waals surface area contributed by atoms with Gasteiger partial charge in [0.1, 0.15) is 0 Å². The van der Waals surface area contributed by atoms with E-state index >= 15 is 0 Å². The number of ether oxygens (including phenoxy) is 1. The number of hydrogen-bond donors (Lipinski definition) is 3. The predicted octanol–water partition coefficient (Wildman–Crippen LogP) is -1.36. The summed E-state index contributed by atoms with van der Waals surface area (Å²) in [4.78, 5) is 41.3. The van der Waals surface area contributed by atoms with Crippen molar-refractivity contribution in [1.29, 1.82) is 0 Å². The fourth-order valence-electron chi connectivity index (χ4n) is 3.89. The number of nitrogens with zero attached hydrogens (tertiary/aromatic N) is 4. The van der Waals surface area contributed by atoms with Gasteiger partial charge in [0.05, 0.1) is 25.7 Å². The lowest BCUT2D eigenvalue weighted by molar-refractivity contribution is -0.140. The van der Waals surface area contributed by atoms with Gasteiger partial charge in [-0.25, -0.2) is 0 Å². The molecule has 0 bridgehead atoms. The smallest absolute Gasteiger partial charge is 0.317 e. The fraction of sp³-hybridized carbons (Fsp3) is 0.842. The maximum atomic E-state index is 11.3. The molecule has 0 aromatic heterocycles. The standard InChI is InChI=1S/C19H34N4O7/c24-17(25)13-21-5-3-20(12-16-2-1-11-30-16)4-6-22(14-18(26)27)8-10-23(9-7-21)15-19(28)29/h16H,1-15H2,(H,24,25)(H,26,27)(H,28,29). The van der Waals surface area contributed by atoms with Crippen molar-refractivity contribution in [2.24, 2.45) is 0 Å². The maximum Gasteiger partial charge on any atom is 0.317 e. The molecule has 0 aromatic rings. The summed E-state index contributed by atoms with van der Waals surface area (Å²) in [6.45, 7) is 5.21. The molecule has 2 rings (SSSR count). The average molecular weight is 431 g/mol. The second-order valence-electron chi connectivity index (χ2n) is 7.95. The Bertz CT molecular complexity index is 539. The Morgan fingerprint density at radius 2 is 1.03 bits per heavy atom. The molecule has 0 radical (unpaired) electrons. The minimum absolute atomic E-state index is 0.0974. The Morgan fingerprint density at radius 1 is 0.667 bits per heavy atom. The third kappa shape index (κ3) is 9.81. The molecule has 2 aliphatic heterocycles. The van der Waals surface area contributed by atoms with E-state index in [-0.39, 0.29) is 25.7 Å². The monoisotopic (exact) mass is 430 g/mol. The van der Waals surface area contributed by atoms with Crippen molar-refractivity contribution >= 4 is 17.9 Å². The van der Waals surface area contributed by atoms with Gasteiger partial charge in [0.15, 0.2) is 0 Å². The van der Waals surface area contributed by atoms with Crippen molar-refractivity contribution in [3.63, 3.8) is 0 Å². The van der Waals surface area contributed by atoms with E-state index in [2.05, 4.69) is 4.90 Å². The molecule has 172 valence electrons. The number of carboxylic acids is 3. The number of carboxylic acid groups (broad SMARTS) is 3. The van der Waals surface area contributed by atoms with Crippen molar-refractivity contribution in [2.45, 2.75) is 18.9 Å². The number of hydrogen-bond acceptors (Lipinski definition) is 8. The molecule has 1 unspecified atom stereocenters. The second-order valence-corrected chi connectivity index (χ2v) is 7.95. The lowest BCUT2D eigenvalue weighted by Gasteiger charge is -2.33. The van der Waals surface area contributed by atoms with E-state index in [0.717, 1.165) is 26.0 Å². The Labute approximate surface area is 176 Å². The summed E-state index contributed by atoms with van der Waals surface area (Å²) in [5.74, 6) is -2.78. The van der Waals surface area contributed by atoms with Gasteiger partial charge < -0.3 is 20.1 Å². The van der Waals surface area contributed by atoms with Crippen LogP contribution >= 0.6 is 0 Å². The van der Waals surface area contributed by atoms with Gasteiger partial charge in [0.25, 0.3) is 0 Å². The first-order valence-corrected chi connectivity index (χ1v) is 10.5. The van der Waals surface area contributed by atoms with E-state index in [4.69, 9.17) is 4.74 Å². The molecule has 2 saturated heterocycles. The Morgan fingerprint density at radius 3 is 1.33 bits per heavy atom. The third-order valence-corrected chi connectivity index (χ3v) is 5.49. The van der Waals surface area contributed by atoms with Crippen LogP contribution in [0.1, 0.15) is 12.8 Å². The van der Waals surface area contributed by atoms with Gasteiger partial charge in [-0.3, -0.25) is 34.0 Å². The molecule has 0 amide bonds. The molecular formula is C19H34N4O7. The van der Waals surface area contributed by atoms with Crippen molar-refractivity contribution < 1.29 is 34.4 Å². The van der Waals surface area contributed by atoms with Gasteiger partial charge in [-0.15, -0.1) is 0 Å². The van der Waals surface area contributed by atoms with Crippen LogP contribution < -0.4 is 0 Å². The molecule has 11 heteroatoms. The zero-order valence-corrected chi connectivity index (χ0v) is 17.4. The lowest BCUT2D eigenvalue weighted by Crippen LogP contribution is -2.49. The van der Waals surface area contributed by atoms with Gasteiger partial charge in [0, 0.05) is 65.5 Å². The topological polar surface area (TPSA) is 134 Å². The van der Waals surface area contributed by atoms with E-state index in [9.17, 15) is 29.7 Å². The van der Waals surface area contributed by atoms with Crippen molar-refractivity contribution in [3.8, 4) is 0 Å². The molecule has 2 heterocycles. The lowest BCUT2D eigenvalue weighted by atomic mass is 10.2. The van der Waals surface area contributed by atoms with Crippen molar-refractivity contribution in [2.75, 3.05) is 85.1 Å². The highest BCUT2D eigenvalue weighted by Crippen LogP contribution is 2.13. The summed E-state index contributed by atoms with van der Waals surface area (Å²) in [6.07, 6.45) is 2.19. The van der Waals surface area contributed by atoms with Crippen molar-refractivity contribution in [1.82, 2.24) is 19.6 Å². The van der Waals surface area contributed by atoms with Gasteiger partial charge >= 0.3 is 17.9 Å². The summed E-state index contributed by atoms with van der Waals surface area (Å²) < 4.78 is 5.74. The normalized spacial score (nSPS) is 24.2. The fourth-order valence-corrected chi connectivity index (χ4v) is 3.89. The molecule has 11 nitrogen and oxygen atoms in total. The van der Waals surface area contributed by atoms with E-state index in [0.29, 0.717) is 52.4 Å². The molecule has 1 atom stereocenters. The first-order valence-electron chi connectivity index (χ1n) is 10.5. The SMILES string of the molecule is O=C(O)CN1CCN(CC(=O)O)CCN(CC2CCCO2)CCN(CC(=O)O)CC1. The summed E-state index contributed by atoms with van der Waals surface area (Å²) >= 11 is 0. The predicted molar refractivity (Wildman–Crippen MR) is 108 cm³/mol. The maximum absolute atomic E-state index is 11.3. The van der Waals surface area contributed by atoms with E-state index in [1.807, 2.05) is 9.80 Å². The minimum atomic E-state index is -0.959. The van der Waals surface area contributed by atoms with Gasteiger partial charge in [-0.05, 0) is 12.8 Å². The zero-order chi connectivity index (χ0) is 21.9. The minimum Gasteiger partial charge on any atom is -0.480 e. The van der Waals surface area contributed by atoms with Crippen LogP contribution in [-0.4, -0.2) is 144 Å². The number of carbonyl (C=O) groups is 3. The largest absolute Gasteiger partial charge is 0.480 e. The molecule has 3 N–H and O–H groups in total. The summed E-state index contributed by atoms with van der Waals surface area (Å²) in [5.41, 5.74) is 0. The van der Waals surface area contributed by atoms with Gasteiger partial charge in [-0.2, -0.15) is 0 Å². The molecular weight excluding hydrogens is 396 g/mol. The quantitative estimate of drug-likeness (QED) is 0.421. The Hall–Kier alpha value is -1.79. The molecule has 0 saturated carbocycles. The third-order valence-electron chi connectivity index (χ3n) is 5.49. The summed E-state index contributed by atoms with van der Waals surface area (Å²) in [5, 5.41) is 27.6. The van der Waals surface area contributed by atoms with Crippen LogP contribution in [0.2, 0.25) is 0 Å². The van der Waals surface area contributed by atoms with Crippen LogP contribution in [-0.2, 0) is 19.1 Å². The molecule has 0 aromatic carbocycles. The Kier molecular flexibility index (Phi) is 10.4. The highest BCUT2D eigenvalue weighted by atomic mass is 16.5. The van der Waals surface area contributed by atoms with Gasteiger partial charge in [-0.1, -0.05) is 0 Å². The van der Waals surface area contributed by atoms with Crippen LogP contribution in [0.5, 0.6) is 0 Å². The van der Waals surface area contributed by atoms with Crippen molar-refractivity contribution in [3.05, 3.63) is 0 Å². The first kappa shape index (κ1) is 24.5. The van der Waals surface area contributed by atoms with Crippen LogP contribution in [0.25, 0.3) is 0 Å². The van der Waals surface area contributed by atoms with Crippen LogP contribution in [0.3, 0.4) is 0 Å². The van der Waals surface area contributed by atoms with Crippen LogP contribution in [0, 0.1) is 0 Å². The highest BCUT2D eigenvalue weighted by molar-refractivity contribution is 5.69. The number of rotatable bonds is 8. The highest BCUT2D eigenvalue weighted by Gasteiger charge is 2.23. The van der Waals surface area contributed by atoms with Gasteiger partial charge in [0.2, 0.25) is 0 Å². The average Bonchev–Trinajstić information content (AvgIpc) is 3.15. The zero-order valence-electron chi connectivity index (χ0n) is 17.4.